The first kappa shape index (κ1) is 18.8. The number of ether oxygens (including phenoxy) is 1. The van der Waals surface area contributed by atoms with Crippen LogP contribution >= 0.6 is 23.2 Å². The summed E-state index contributed by atoms with van der Waals surface area (Å²) in [6.45, 7) is 3.59. The molecule has 0 aromatic heterocycles. The van der Waals surface area contributed by atoms with Gasteiger partial charge in [0.25, 0.3) is 10.0 Å². The predicted molar refractivity (Wildman–Crippen MR) is 101 cm³/mol. The average Bonchev–Trinajstić information content (AvgIpc) is 3.04. The SMILES string of the molecule is C=C(Cl)COC(=O)c1ccc(Cl)c(S(=O)(=O)N2CCc3ccccc32)c1. The molecule has 1 aliphatic rings. The van der Waals surface area contributed by atoms with E-state index in [4.69, 9.17) is 27.9 Å². The van der Waals surface area contributed by atoms with E-state index >= 15 is 0 Å². The Morgan fingerprint density at radius 3 is 2.69 bits per heavy atom. The van der Waals surface area contributed by atoms with Gasteiger partial charge < -0.3 is 4.74 Å². The molecule has 0 radical (unpaired) electrons. The number of benzene rings is 2. The molecule has 5 nitrogen and oxygen atoms in total. The number of nitrogens with zero attached hydrogens (tertiary/aromatic N) is 1. The van der Waals surface area contributed by atoms with Crippen molar-refractivity contribution < 1.29 is 17.9 Å². The fraction of sp³-hybridized carbons (Fsp3) is 0.167. The highest BCUT2D eigenvalue weighted by atomic mass is 35.5. The van der Waals surface area contributed by atoms with Crippen LogP contribution in [0.2, 0.25) is 5.02 Å². The monoisotopic (exact) mass is 411 g/mol. The first-order valence-electron chi connectivity index (χ1n) is 7.71. The second kappa shape index (κ2) is 7.31. The third kappa shape index (κ3) is 3.58. The van der Waals surface area contributed by atoms with Gasteiger partial charge in [-0.25, -0.2) is 13.2 Å². The molecule has 1 heterocycles. The molecule has 0 spiro atoms. The zero-order valence-corrected chi connectivity index (χ0v) is 15.9. The Bertz CT molecular complexity index is 988. The third-order valence-corrected chi connectivity index (χ3v) is 6.34. The van der Waals surface area contributed by atoms with E-state index in [1.807, 2.05) is 12.1 Å². The van der Waals surface area contributed by atoms with E-state index in [0.717, 1.165) is 5.56 Å². The van der Waals surface area contributed by atoms with Gasteiger partial charge in [0.15, 0.2) is 0 Å². The Labute approximate surface area is 161 Å². The Morgan fingerprint density at radius 2 is 1.96 bits per heavy atom. The van der Waals surface area contributed by atoms with Crippen LogP contribution in [0.3, 0.4) is 0 Å². The molecule has 0 saturated heterocycles. The molecule has 136 valence electrons. The van der Waals surface area contributed by atoms with Gasteiger partial charge in [-0.2, -0.15) is 0 Å². The van der Waals surface area contributed by atoms with Crippen LogP contribution in [0, 0.1) is 0 Å². The number of anilines is 1. The van der Waals surface area contributed by atoms with Crippen molar-refractivity contribution >= 4 is 44.9 Å². The van der Waals surface area contributed by atoms with Gasteiger partial charge in [0, 0.05) is 11.6 Å². The van der Waals surface area contributed by atoms with Crippen molar-refractivity contribution in [2.24, 2.45) is 0 Å². The molecule has 0 saturated carbocycles. The Morgan fingerprint density at radius 1 is 1.23 bits per heavy atom. The minimum atomic E-state index is -3.92. The van der Waals surface area contributed by atoms with Crippen LogP contribution < -0.4 is 4.31 Å². The summed E-state index contributed by atoms with van der Waals surface area (Å²) in [7, 11) is -3.92. The number of esters is 1. The van der Waals surface area contributed by atoms with E-state index in [0.29, 0.717) is 18.7 Å². The summed E-state index contributed by atoms with van der Waals surface area (Å²) in [6, 6.07) is 11.3. The topological polar surface area (TPSA) is 63.7 Å². The molecule has 0 amide bonds. The normalized spacial score (nSPS) is 13.4. The fourth-order valence-corrected chi connectivity index (χ4v) is 4.79. The van der Waals surface area contributed by atoms with Crippen molar-refractivity contribution in [3.8, 4) is 0 Å². The molecule has 2 aromatic rings. The third-order valence-electron chi connectivity index (χ3n) is 3.94. The van der Waals surface area contributed by atoms with Crippen molar-refractivity contribution in [1.82, 2.24) is 0 Å². The number of halogens is 2. The van der Waals surface area contributed by atoms with E-state index in [1.165, 1.54) is 22.5 Å². The van der Waals surface area contributed by atoms with Gasteiger partial charge in [-0.05, 0) is 36.2 Å². The first-order chi connectivity index (χ1) is 12.3. The van der Waals surface area contributed by atoms with E-state index < -0.39 is 16.0 Å². The maximum absolute atomic E-state index is 13.1. The highest BCUT2D eigenvalue weighted by molar-refractivity contribution is 7.93. The standard InChI is InChI=1S/C18H15Cl2NO4S/c1-12(19)11-25-18(22)14-6-7-15(20)17(10-14)26(23,24)21-9-8-13-4-2-3-5-16(13)21/h2-7,10H,1,8-9,11H2. The minimum absolute atomic E-state index is 0.0349. The van der Waals surface area contributed by atoms with Crippen molar-refractivity contribution in [1.29, 1.82) is 0 Å². The molecule has 0 unspecified atom stereocenters. The van der Waals surface area contributed by atoms with Gasteiger partial charge in [0.2, 0.25) is 0 Å². The largest absolute Gasteiger partial charge is 0.456 e. The number of hydrogen-bond donors (Lipinski definition) is 0. The van der Waals surface area contributed by atoms with Gasteiger partial charge >= 0.3 is 5.97 Å². The van der Waals surface area contributed by atoms with Crippen molar-refractivity contribution in [3.05, 3.63) is 70.2 Å². The van der Waals surface area contributed by atoms with Gasteiger partial charge in [-0.1, -0.05) is 48.0 Å². The number of para-hydroxylation sites is 1. The minimum Gasteiger partial charge on any atom is -0.456 e. The Balaban J connectivity index is 1.97. The summed E-state index contributed by atoms with van der Waals surface area (Å²) in [5, 5.41) is 0.196. The molecular formula is C18H15Cl2NO4S. The molecule has 0 N–H and O–H groups in total. The van der Waals surface area contributed by atoms with Crippen LogP contribution in [0.5, 0.6) is 0 Å². The highest BCUT2D eigenvalue weighted by Gasteiger charge is 2.32. The van der Waals surface area contributed by atoms with Crippen molar-refractivity contribution in [2.75, 3.05) is 17.5 Å². The second-order valence-corrected chi connectivity index (χ2v) is 8.47. The van der Waals surface area contributed by atoms with Gasteiger partial charge in [-0.3, -0.25) is 4.31 Å². The smallest absolute Gasteiger partial charge is 0.338 e. The second-order valence-electron chi connectivity index (χ2n) is 5.69. The lowest BCUT2D eigenvalue weighted by Crippen LogP contribution is -2.29. The molecule has 8 heteroatoms. The van der Waals surface area contributed by atoms with Crippen molar-refractivity contribution in [2.45, 2.75) is 11.3 Å². The predicted octanol–water partition coefficient (Wildman–Crippen LogP) is 4.00. The lowest BCUT2D eigenvalue weighted by molar-refractivity contribution is 0.0546. The summed E-state index contributed by atoms with van der Waals surface area (Å²) >= 11 is 11.7. The van der Waals surface area contributed by atoms with Crippen LogP contribution in [0.1, 0.15) is 15.9 Å². The van der Waals surface area contributed by atoms with E-state index in [-0.39, 0.29) is 27.1 Å². The maximum Gasteiger partial charge on any atom is 0.338 e. The van der Waals surface area contributed by atoms with Crippen LogP contribution in [-0.4, -0.2) is 27.5 Å². The molecule has 1 aliphatic heterocycles. The molecule has 0 fully saturated rings. The van der Waals surface area contributed by atoms with Crippen LogP contribution in [-0.2, 0) is 21.2 Å². The van der Waals surface area contributed by atoms with Crippen LogP contribution in [0.15, 0.2) is 59.0 Å². The molecule has 26 heavy (non-hydrogen) atoms. The molecule has 2 aromatic carbocycles. The summed E-state index contributed by atoms with van der Waals surface area (Å²) in [5.41, 5.74) is 1.64. The van der Waals surface area contributed by atoms with Crippen molar-refractivity contribution in [3.63, 3.8) is 0 Å². The number of hydrogen-bond acceptors (Lipinski definition) is 4. The van der Waals surface area contributed by atoms with Gasteiger partial charge in [0.05, 0.1) is 16.3 Å². The number of fused-ring (bicyclic) bond motifs is 1. The molecule has 0 aliphatic carbocycles. The Hall–Kier alpha value is -2.02. The van der Waals surface area contributed by atoms with E-state index in [1.54, 1.807) is 12.1 Å². The van der Waals surface area contributed by atoms with Gasteiger partial charge in [0.1, 0.15) is 11.5 Å². The highest BCUT2D eigenvalue weighted by Crippen LogP contribution is 2.35. The number of carbonyl (C=O) groups excluding carboxylic acids is 1. The number of carbonyl (C=O) groups is 1. The fourth-order valence-electron chi connectivity index (χ4n) is 2.73. The van der Waals surface area contributed by atoms with E-state index in [9.17, 15) is 13.2 Å². The zero-order valence-electron chi connectivity index (χ0n) is 13.6. The van der Waals surface area contributed by atoms with Crippen LogP contribution in [0.25, 0.3) is 0 Å². The molecule has 0 atom stereocenters. The summed E-state index contributed by atoms with van der Waals surface area (Å²) < 4.78 is 32.5. The quantitative estimate of drug-likeness (QED) is 0.697. The summed E-state index contributed by atoms with van der Waals surface area (Å²) in [4.78, 5) is 11.9. The summed E-state index contributed by atoms with van der Waals surface area (Å²) in [5.74, 6) is -0.707. The first-order valence-corrected chi connectivity index (χ1v) is 9.91. The lowest BCUT2D eigenvalue weighted by Gasteiger charge is -2.20. The number of sulfonamides is 1. The molecule has 3 rings (SSSR count). The number of rotatable bonds is 5. The van der Waals surface area contributed by atoms with E-state index in [2.05, 4.69) is 6.58 Å². The maximum atomic E-state index is 13.1. The average molecular weight is 412 g/mol. The summed E-state index contributed by atoms with van der Waals surface area (Å²) in [6.07, 6.45) is 0.618. The molecular weight excluding hydrogens is 397 g/mol. The zero-order chi connectivity index (χ0) is 18.9. The van der Waals surface area contributed by atoms with Gasteiger partial charge in [-0.15, -0.1) is 0 Å². The Kier molecular flexibility index (Phi) is 5.27. The molecule has 0 bridgehead atoms. The lowest BCUT2D eigenvalue weighted by atomic mass is 10.2. The van der Waals surface area contributed by atoms with Crippen LogP contribution in [0.4, 0.5) is 5.69 Å².